The van der Waals surface area contributed by atoms with Gasteiger partial charge >= 0.3 is 5.97 Å². The second kappa shape index (κ2) is 8.10. The van der Waals surface area contributed by atoms with Crippen LogP contribution >= 0.6 is 0 Å². The summed E-state index contributed by atoms with van der Waals surface area (Å²) in [7, 11) is -3.56. The van der Waals surface area contributed by atoms with Gasteiger partial charge in [-0.05, 0) is 12.1 Å². The minimum absolute atomic E-state index is 0.0283. The molecule has 2 fully saturated rings. The first kappa shape index (κ1) is 20.6. The summed E-state index contributed by atoms with van der Waals surface area (Å²) in [6.45, 7) is 1.50. The molecule has 9 nitrogen and oxygen atoms in total. The van der Waals surface area contributed by atoms with Crippen LogP contribution in [0.1, 0.15) is 5.69 Å². The molecule has 2 aliphatic rings. The molecule has 1 amide bonds. The Bertz CT molecular complexity index is 848. The van der Waals surface area contributed by atoms with Gasteiger partial charge in [-0.25, -0.2) is 12.8 Å². The quantitative estimate of drug-likeness (QED) is 0.690. The zero-order valence-corrected chi connectivity index (χ0v) is 16.3. The van der Waals surface area contributed by atoms with Crippen molar-refractivity contribution in [2.75, 3.05) is 45.5 Å². The minimum Gasteiger partial charge on any atom is -0.481 e. The normalized spacial score (nSPS) is 24.4. The Hall–Kier alpha value is -2.11. The average Bonchev–Trinajstić information content (AvgIpc) is 2.82. The van der Waals surface area contributed by atoms with Crippen LogP contribution in [0, 0.1) is 11.7 Å². The van der Waals surface area contributed by atoms with Crippen molar-refractivity contribution in [2.24, 2.45) is 5.92 Å². The van der Waals surface area contributed by atoms with Gasteiger partial charge in [-0.15, -0.1) is 0 Å². The number of carbonyl (C=O) groups is 2. The van der Waals surface area contributed by atoms with Gasteiger partial charge in [-0.1, -0.05) is 0 Å². The number of carboxylic acid groups (broad SMARTS) is 1. The molecular formula is C17H23FN4O5S. The molecule has 1 aromatic heterocycles. The maximum absolute atomic E-state index is 13.0. The predicted molar refractivity (Wildman–Crippen MR) is 97.4 cm³/mol. The lowest BCUT2D eigenvalue weighted by molar-refractivity contribution is -0.143. The van der Waals surface area contributed by atoms with Gasteiger partial charge in [0.1, 0.15) is 5.82 Å². The highest BCUT2D eigenvalue weighted by Crippen LogP contribution is 2.21. The van der Waals surface area contributed by atoms with Crippen molar-refractivity contribution in [3.05, 3.63) is 29.8 Å². The number of nitrogens with zero attached hydrogens (tertiary/aromatic N) is 4. The number of amides is 1. The summed E-state index contributed by atoms with van der Waals surface area (Å²) in [5.41, 5.74) is 0.457. The Kier molecular flexibility index (Phi) is 5.96. The molecule has 2 atom stereocenters. The predicted octanol–water partition coefficient (Wildman–Crippen LogP) is -0.748. The molecule has 1 N–H and O–H groups in total. The number of aliphatic carboxylic acids is 1. The number of hydrogen-bond donors (Lipinski definition) is 1. The van der Waals surface area contributed by atoms with Gasteiger partial charge in [0.05, 0.1) is 24.8 Å². The fourth-order valence-corrected chi connectivity index (χ4v) is 4.53. The van der Waals surface area contributed by atoms with E-state index in [9.17, 15) is 27.5 Å². The van der Waals surface area contributed by atoms with Gasteiger partial charge in [0.25, 0.3) is 0 Å². The van der Waals surface area contributed by atoms with E-state index in [0.29, 0.717) is 25.3 Å². The maximum Gasteiger partial charge on any atom is 0.309 e. The van der Waals surface area contributed by atoms with E-state index >= 15 is 0 Å². The fourth-order valence-electron chi connectivity index (χ4n) is 3.63. The third kappa shape index (κ3) is 4.83. The molecule has 0 spiro atoms. The molecule has 2 saturated heterocycles. The Morgan fingerprint density at radius 3 is 2.57 bits per heavy atom. The zero-order chi connectivity index (χ0) is 20.5. The third-order valence-electron chi connectivity index (χ3n) is 5.19. The van der Waals surface area contributed by atoms with Crippen molar-refractivity contribution in [1.82, 2.24) is 19.1 Å². The summed E-state index contributed by atoms with van der Waals surface area (Å²) in [6.07, 6.45) is 2.15. The summed E-state index contributed by atoms with van der Waals surface area (Å²) in [6, 6.07) is 2.42. The lowest BCUT2D eigenvalue weighted by atomic mass is 10.1. The van der Waals surface area contributed by atoms with Gasteiger partial charge in [0.2, 0.25) is 15.9 Å². The molecule has 28 heavy (non-hydrogen) atoms. The standard InChI is InChI=1S/C17H23FN4O5S/c1-28(26,27)22-9-12(17(24)25)8-20-4-5-21(10-15(20)11-22)16(23)6-14-3-2-13(18)7-19-14/h2-3,7,12,15H,4-6,8-11H2,1H3,(H,24,25). The summed E-state index contributed by atoms with van der Waals surface area (Å²) < 4.78 is 38.3. The summed E-state index contributed by atoms with van der Waals surface area (Å²) >= 11 is 0. The molecule has 154 valence electrons. The Balaban J connectivity index is 1.71. The van der Waals surface area contributed by atoms with Crippen molar-refractivity contribution in [3.8, 4) is 0 Å². The highest BCUT2D eigenvalue weighted by molar-refractivity contribution is 7.88. The van der Waals surface area contributed by atoms with Crippen molar-refractivity contribution in [2.45, 2.75) is 12.5 Å². The van der Waals surface area contributed by atoms with Crippen LogP contribution in [0.3, 0.4) is 0 Å². The maximum atomic E-state index is 13.0. The van der Waals surface area contributed by atoms with Gasteiger partial charge in [0, 0.05) is 51.0 Å². The third-order valence-corrected chi connectivity index (χ3v) is 6.43. The Morgan fingerprint density at radius 2 is 1.96 bits per heavy atom. The van der Waals surface area contributed by atoms with E-state index in [1.165, 1.54) is 16.4 Å². The SMILES string of the molecule is CS(=O)(=O)N1CC(C(=O)O)CN2CCN(C(=O)Cc3ccc(F)cn3)CC2C1. The minimum atomic E-state index is -3.56. The molecule has 11 heteroatoms. The van der Waals surface area contributed by atoms with Gasteiger partial charge < -0.3 is 10.0 Å². The number of pyridine rings is 1. The van der Waals surface area contributed by atoms with Crippen LogP contribution in [-0.2, 0) is 26.0 Å². The second-order valence-corrected chi connectivity index (χ2v) is 9.23. The fraction of sp³-hybridized carbons (Fsp3) is 0.588. The lowest BCUT2D eigenvalue weighted by Gasteiger charge is -2.41. The highest BCUT2D eigenvalue weighted by atomic mass is 32.2. The molecule has 3 rings (SSSR count). The van der Waals surface area contributed by atoms with E-state index in [1.807, 2.05) is 4.90 Å². The van der Waals surface area contributed by atoms with E-state index in [2.05, 4.69) is 4.98 Å². The van der Waals surface area contributed by atoms with Crippen molar-refractivity contribution in [3.63, 3.8) is 0 Å². The summed E-state index contributed by atoms with van der Waals surface area (Å²) in [4.78, 5) is 31.6. The van der Waals surface area contributed by atoms with Crippen LogP contribution in [0.15, 0.2) is 18.3 Å². The van der Waals surface area contributed by atoms with E-state index < -0.39 is 27.7 Å². The number of piperazine rings is 1. The van der Waals surface area contributed by atoms with Crippen molar-refractivity contribution in [1.29, 1.82) is 0 Å². The first-order valence-electron chi connectivity index (χ1n) is 8.93. The molecule has 0 bridgehead atoms. The number of sulfonamides is 1. The molecular weight excluding hydrogens is 391 g/mol. The molecule has 0 radical (unpaired) electrons. The highest BCUT2D eigenvalue weighted by Gasteiger charge is 2.39. The summed E-state index contributed by atoms with van der Waals surface area (Å²) in [5.74, 6) is -2.50. The van der Waals surface area contributed by atoms with Crippen LogP contribution < -0.4 is 0 Å². The Labute approximate surface area is 162 Å². The van der Waals surface area contributed by atoms with E-state index in [0.717, 1.165) is 12.5 Å². The largest absolute Gasteiger partial charge is 0.481 e. The van der Waals surface area contributed by atoms with Crippen LogP contribution in [0.5, 0.6) is 0 Å². The van der Waals surface area contributed by atoms with Gasteiger partial charge in [-0.2, -0.15) is 4.31 Å². The molecule has 2 aliphatic heterocycles. The van der Waals surface area contributed by atoms with Gasteiger partial charge in [-0.3, -0.25) is 19.5 Å². The van der Waals surface area contributed by atoms with Crippen molar-refractivity contribution >= 4 is 21.9 Å². The van der Waals surface area contributed by atoms with Crippen LogP contribution in [-0.4, -0.2) is 96.1 Å². The van der Waals surface area contributed by atoms with E-state index in [-0.39, 0.29) is 38.0 Å². The molecule has 0 aliphatic carbocycles. The first-order valence-corrected chi connectivity index (χ1v) is 10.8. The number of fused-ring (bicyclic) bond motifs is 1. The lowest BCUT2D eigenvalue weighted by Crippen LogP contribution is -2.57. The Morgan fingerprint density at radius 1 is 1.21 bits per heavy atom. The van der Waals surface area contributed by atoms with Crippen molar-refractivity contribution < 1.29 is 27.5 Å². The molecule has 2 unspecified atom stereocenters. The van der Waals surface area contributed by atoms with E-state index in [4.69, 9.17) is 0 Å². The molecule has 1 aromatic rings. The molecule has 3 heterocycles. The number of rotatable bonds is 4. The number of carboxylic acids is 1. The molecule has 0 aromatic carbocycles. The van der Waals surface area contributed by atoms with Crippen LogP contribution in [0.25, 0.3) is 0 Å². The molecule has 0 saturated carbocycles. The van der Waals surface area contributed by atoms with Crippen LogP contribution in [0.4, 0.5) is 4.39 Å². The smallest absolute Gasteiger partial charge is 0.309 e. The first-order chi connectivity index (χ1) is 13.1. The second-order valence-electron chi connectivity index (χ2n) is 7.25. The number of halogens is 1. The van der Waals surface area contributed by atoms with E-state index in [1.54, 1.807) is 4.90 Å². The number of hydrogen-bond acceptors (Lipinski definition) is 6. The number of aromatic nitrogens is 1. The van der Waals surface area contributed by atoms with Gasteiger partial charge in [0.15, 0.2) is 0 Å². The summed E-state index contributed by atoms with van der Waals surface area (Å²) in [5, 5.41) is 9.41. The monoisotopic (exact) mass is 414 g/mol. The topological polar surface area (TPSA) is 111 Å². The number of carbonyl (C=O) groups excluding carboxylic acids is 1. The zero-order valence-electron chi connectivity index (χ0n) is 15.5. The average molecular weight is 414 g/mol. The van der Waals surface area contributed by atoms with Crippen LogP contribution in [0.2, 0.25) is 0 Å².